The van der Waals surface area contributed by atoms with Crippen LogP contribution >= 0.6 is 0 Å². The Morgan fingerprint density at radius 1 is 1.33 bits per heavy atom. The van der Waals surface area contributed by atoms with Gasteiger partial charge in [0, 0.05) is 6.42 Å². The minimum absolute atomic E-state index is 0.0340. The molecule has 0 aliphatic rings. The Morgan fingerprint density at radius 3 is 2.83 bits per heavy atom. The molecule has 0 spiro atoms. The number of carbonyl (C=O) groups excluding carboxylic acids is 1. The zero-order chi connectivity index (χ0) is 13.1. The van der Waals surface area contributed by atoms with Crippen LogP contribution in [0, 0.1) is 0 Å². The van der Waals surface area contributed by atoms with Gasteiger partial charge in [-0.15, -0.1) is 0 Å². The SMILES string of the molecule is CCCCCCCCC(=O)N/N=C/c1ccco1. The van der Waals surface area contributed by atoms with Crippen LogP contribution in [0.5, 0.6) is 0 Å². The van der Waals surface area contributed by atoms with Gasteiger partial charge in [-0.1, -0.05) is 39.0 Å². The van der Waals surface area contributed by atoms with Crippen LogP contribution in [-0.4, -0.2) is 12.1 Å². The van der Waals surface area contributed by atoms with Gasteiger partial charge in [0.15, 0.2) is 0 Å². The molecular formula is C14H22N2O2. The van der Waals surface area contributed by atoms with Crippen LogP contribution in [0.3, 0.4) is 0 Å². The maximum atomic E-state index is 11.4. The Hall–Kier alpha value is -1.58. The predicted molar refractivity (Wildman–Crippen MR) is 72.4 cm³/mol. The van der Waals surface area contributed by atoms with Gasteiger partial charge >= 0.3 is 0 Å². The highest BCUT2D eigenvalue weighted by atomic mass is 16.3. The number of amides is 1. The fraction of sp³-hybridized carbons (Fsp3) is 0.571. The lowest BCUT2D eigenvalue weighted by atomic mass is 10.1. The quantitative estimate of drug-likeness (QED) is 0.414. The summed E-state index contributed by atoms with van der Waals surface area (Å²) < 4.78 is 5.05. The standard InChI is InChI=1S/C14H22N2O2/c1-2-3-4-5-6-7-10-14(17)16-15-12-13-9-8-11-18-13/h8-9,11-12H,2-7,10H2,1H3,(H,16,17)/b15-12+. The third kappa shape index (κ3) is 6.89. The molecule has 1 rings (SSSR count). The summed E-state index contributed by atoms with van der Waals surface area (Å²) in [6.07, 6.45) is 10.7. The maximum Gasteiger partial charge on any atom is 0.240 e. The van der Waals surface area contributed by atoms with Gasteiger partial charge in [0.25, 0.3) is 0 Å². The molecule has 0 aliphatic heterocycles. The van der Waals surface area contributed by atoms with Crippen LogP contribution in [-0.2, 0) is 4.79 Å². The van der Waals surface area contributed by atoms with Crippen molar-refractivity contribution in [3.05, 3.63) is 24.2 Å². The van der Waals surface area contributed by atoms with E-state index in [2.05, 4.69) is 17.5 Å². The van der Waals surface area contributed by atoms with Crippen molar-refractivity contribution in [1.29, 1.82) is 0 Å². The molecule has 1 aromatic heterocycles. The van der Waals surface area contributed by atoms with Crippen molar-refractivity contribution in [3.63, 3.8) is 0 Å². The van der Waals surface area contributed by atoms with Crippen molar-refractivity contribution in [1.82, 2.24) is 5.43 Å². The number of rotatable bonds is 9. The third-order valence-electron chi connectivity index (χ3n) is 2.68. The average molecular weight is 250 g/mol. The van der Waals surface area contributed by atoms with Gasteiger partial charge < -0.3 is 4.42 Å². The largest absolute Gasteiger partial charge is 0.463 e. The molecule has 0 atom stereocenters. The average Bonchev–Trinajstić information content (AvgIpc) is 2.87. The summed E-state index contributed by atoms with van der Waals surface area (Å²) in [5, 5.41) is 3.82. The molecule has 0 aromatic carbocycles. The van der Waals surface area contributed by atoms with Crippen molar-refractivity contribution < 1.29 is 9.21 Å². The molecule has 18 heavy (non-hydrogen) atoms. The predicted octanol–water partition coefficient (Wildman–Crippen LogP) is 3.48. The van der Waals surface area contributed by atoms with E-state index in [1.807, 2.05) is 0 Å². The lowest BCUT2D eigenvalue weighted by Crippen LogP contribution is -2.16. The summed E-state index contributed by atoms with van der Waals surface area (Å²) in [6, 6.07) is 3.56. The second kappa shape index (κ2) is 9.45. The fourth-order valence-electron chi connectivity index (χ4n) is 1.65. The minimum Gasteiger partial charge on any atom is -0.463 e. The fourth-order valence-corrected chi connectivity index (χ4v) is 1.65. The van der Waals surface area contributed by atoms with Gasteiger partial charge in [0.05, 0.1) is 12.5 Å². The number of nitrogens with one attached hydrogen (secondary N) is 1. The van der Waals surface area contributed by atoms with Crippen molar-refractivity contribution >= 4 is 12.1 Å². The van der Waals surface area contributed by atoms with Crippen LogP contribution in [0.15, 0.2) is 27.9 Å². The molecule has 0 bridgehead atoms. The number of hydrazone groups is 1. The first-order valence-corrected chi connectivity index (χ1v) is 6.68. The number of carbonyl (C=O) groups is 1. The van der Waals surface area contributed by atoms with E-state index in [1.165, 1.54) is 31.9 Å². The molecule has 0 saturated heterocycles. The molecule has 0 radical (unpaired) electrons. The van der Waals surface area contributed by atoms with E-state index in [0.717, 1.165) is 12.8 Å². The van der Waals surface area contributed by atoms with E-state index >= 15 is 0 Å². The number of hydrogen-bond acceptors (Lipinski definition) is 3. The molecule has 0 saturated carbocycles. The first kappa shape index (κ1) is 14.5. The lowest BCUT2D eigenvalue weighted by molar-refractivity contribution is -0.121. The van der Waals surface area contributed by atoms with E-state index in [9.17, 15) is 4.79 Å². The molecule has 1 heterocycles. The Morgan fingerprint density at radius 2 is 2.11 bits per heavy atom. The number of unbranched alkanes of at least 4 members (excludes halogenated alkanes) is 5. The van der Waals surface area contributed by atoms with Crippen molar-refractivity contribution in [2.75, 3.05) is 0 Å². The van der Waals surface area contributed by atoms with Crippen LogP contribution in [0.1, 0.15) is 57.6 Å². The second-order valence-corrected chi connectivity index (χ2v) is 4.33. The van der Waals surface area contributed by atoms with E-state index < -0.39 is 0 Å². The minimum atomic E-state index is -0.0340. The summed E-state index contributed by atoms with van der Waals surface area (Å²) in [6.45, 7) is 2.20. The second-order valence-electron chi connectivity index (χ2n) is 4.33. The molecular weight excluding hydrogens is 228 g/mol. The first-order valence-electron chi connectivity index (χ1n) is 6.68. The Bertz CT molecular complexity index is 345. The highest BCUT2D eigenvalue weighted by Gasteiger charge is 1.99. The van der Waals surface area contributed by atoms with Crippen molar-refractivity contribution in [3.8, 4) is 0 Å². The molecule has 1 amide bonds. The van der Waals surface area contributed by atoms with E-state index in [1.54, 1.807) is 18.4 Å². The van der Waals surface area contributed by atoms with Crippen molar-refractivity contribution in [2.24, 2.45) is 5.10 Å². The van der Waals surface area contributed by atoms with Crippen molar-refractivity contribution in [2.45, 2.75) is 51.9 Å². The lowest BCUT2D eigenvalue weighted by Gasteiger charge is -2.00. The van der Waals surface area contributed by atoms with Gasteiger partial charge in [-0.05, 0) is 18.6 Å². The van der Waals surface area contributed by atoms with Crippen LogP contribution in [0.25, 0.3) is 0 Å². The molecule has 1 N–H and O–H groups in total. The van der Waals surface area contributed by atoms with Gasteiger partial charge in [-0.2, -0.15) is 5.10 Å². The topological polar surface area (TPSA) is 54.6 Å². The van der Waals surface area contributed by atoms with E-state index in [-0.39, 0.29) is 5.91 Å². The molecule has 1 aromatic rings. The van der Waals surface area contributed by atoms with Gasteiger partial charge in [0.1, 0.15) is 5.76 Å². The zero-order valence-electron chi connectivity index (χ0n) is 11.0. The number of furan rings is 1. The molecule has 0 aliphatic carbocycles. The molecule has 4 heteroatoms. The normalized spacial score (nSPS) is 10.9. The molecule has 0 fully saturated rings. The monoisotopic (exact) mass is 250 g/mol. The maximum absolute atomic E-state index is 11.4. The summed E-state index contributed by atoms with van der Waals surface area (Å²) in [5.74, 6) is 0.600. The molecule has 4 nitrogen and oxygen atoms in total. The van der Waals surface area contributed by atoms with Crippen LogP contribution < -0.4 is 5.43 Å². The first-order chi connectivity index (χ1) is 8.83. The summed E-state index contributed by atoms with van der Waals surface area (Å²) in [4.78, 5) is 11.4. The Labute approximate surface area is 108 Å². The summed E-state index contributed by atoms with van der Waals surface area (Å²) in [7, 11) is 0. The number of hydrogen-bond donors (Lipinski definition) is 1. The number of nitrogens with zero attached hydrogens (tertiary/aromatic N) is 1. The smallest absolute Gasteiger partial charge is 0.240 e. The van der Waals surface area contributed by atoms with Crippen LogP contribution in [0.2, 0.25) is 0 Å². The summed E-state index contributed by atoms with van der Waals surface area (Å²) >= 11 is 0. The summed E-state index contributed by atoms with van der Waals surface area (Å²) in [5.41, 5.74) is 2.49. The molecule has 100 valence electrons. The van der Waals surface area contributed by atoms with Crippen LogP contribution in [0.4, 0.5) is 0 Å². The van der Waals surface area contributed by atoms with Gasteiger partial charge in [0.2, 0.25) is 5.91 Å². The van der Waals surface area contributed by atoms with Gasteiger partial charge in [-0.25, -0.2) is 5.43 Å². The van der Waals surface area contributed by atoms with Gasteiger partial charge in [-0.3, -0.25) is 4.79 Å². The molecule has 0 unspecified atom stereocenters. The highest BCUT2D eigenvalue weighted by Crippen LogP contribution is 2.06. The highest BCUT2D eigenvalue weighted by molar-refractivity contribution is 5.80. The zero-order valence-corrected chi connectivity index (χ0v) is 11.0. The van der Waals surface area contributed by atoms with E-state index in [4.69, 9.17) is 4.42 Å². The van der Waals surface area contributed by atoms with E-state index in [0.29, 0.717) is 12.2 Å². The Kier molecular flexibility index (Phi) is 7.60. The third-order valence-corrected chi connectivity index (χ3v) is 2.68. The Balaban J connectivity index is 2.00.